The average molecular weight is 223 g/mol. The quantitative estimate of drug-likeness (QED) is 0.442. The summed E-state index contributed by atoms with van der Waals surface area (Å²) in [5.74, 6) is -0.696. The summed E-state index contributed by atoms with van der Waals surface area (Å²) >= 11 is 0. The van der Waals surface area contributed by atoms with Crippen LogP contribution < -0.4 is 5.73 Å². The molecule has 0 saturated carbocycles. The predicted molar refractivity (Wildman–Crippen MR) is 57.2 cm³/mol. The molecule has 0 spiro atoms. The van der Waals surface area contributed by atoms with Gasteiger partial charge in [-0.1, -0.05) is 0 Å². The third kappa shape index (κ3) is 2.25. The van der Waals surface area contributed by atoms with Gasteiger partial charge in [-0.15, -0.1) is 0 Å². The number of ether oxygens (including phenoxy) is 2. The Morgan fingerprint density at radius 2 is 2.38 bits per heavy atom. The van der Waals surface area contributed by atoms with Crippen LogP contribution in [-0.4, -0.2) is 30.4 Å². The smallest absolute Gasteiger partial charge is 0.342 e. The number of hydrogen-bond donors (Lipinski definition) is 2. The molecular weight excluding hydrogens is 210 g/mol. The molecule has 1 heterocycles. The number of aromatic hydroxyl groups is 1. The van der Waals surface area contributed by atoms with Gasteiger partial charge in [0.2, 0.25) is 0 Å². The van der Waals surface area contributed by atoms with Gasteiger partial charge in [0.05, 0.1) is 13.2 Å². The van der Waals surface area contributed by atoms with E-state index in [1.54, 1.807) is 0 Å². The van der Waals surface area contributed by atoms with Crippen molar-refractivity contribution in [1.82, 2.24) is 0 Å². The highest BCUT2D eigenvalue weighted by Gasteiger charge is 2.22. The Morgan fingerprint density at radius 3 is 3.06 bits per heavy atom. The van der Waals surface area contributed by atoms with E-state index in [4.69, 9.17) is 15.2 Å². The van der Waals surface area contributed by atoms with Crippen LogP contribution in [0.2, 0.25) is 0 Å². The van der Waals surface area contributed by atoms with Crippen molar-refractivity contribution in [3.05, 3.63) is 23.8 Å². The zero-order chi connectivity index (χ0) is 11.5. The van der Waals surface area contributed by atoms with Crippen LogP contribution in [0.4, 0.5) is 5.69 Å². The number of nitrogen functional groups attached to an aromatic ring is 1. The van der Waals surface area contributed by atoms with Crippen LogP contribution in [0, 0.1) is 0 Å². The molecule has 0 amide bonds. The van der Waals surface area contributed by atoms with Gasteiger partial charge in [-0.25, -0.2) is 4.79 Å². The van der Waals surface area contributed by atoms with Crippen molar-refractivity contribution in [3.8, 4) is 5.75 Å². The molecule has 1 aliphatic rings. The maximum Gasteiger partial charge on any atom is 0.342 e. The van der Waals surface area contributed by atoms with Crippen molar-refractivity contribution in [2.75, 3.05) is 18.9 Å². The van der Waals surface area contributed by atoms with E-state index in [1.165, 1.54) is 18.2 Å². The van der Waals surface area contributed by atoms with Gasteiger partial charge < -0.3 is 20.3 Å². The van der Waals surface area contributed by atoms with E-state index in [9.17, 15) is 9.90 Å². The highest BCUT2D eigenvalue weighted by molar-refractivity contribution is 5.93. The summed E-state index contributed by atoms with van der Waals surface area (Å²) in [6.45, 7) is 1.01. The number of anilines is 1. The molecule has 0 bridgehead atoms. The number of nitrogens with two attached hydrogens (primary N) is 1. The molecule has 5 nitrogen and oxygen atoms in total. The Hall–Kier alpha value is -1.75. The maximum atomic E-state index is 11.7. The summed E-state index contributed by atoms with van der Waals surface area (Å²) in [5, 5.41) is 9.49. The standard InChI is InChI=1S/C11H13NO4/c12-7-1-2-10(13)9(5-7)11(14)16-8-3-4-15-6-8/h1-2,5,8,13H,3-4,6,12H2. The molecule has 5 heteroatoms. The van der Waals surface area contributed by atoms with Crippen molar-refractivity contribution < 1.29 is 19.4 Å². The molecule has 3 N–H and O–H groups in total. The first-order chi connectivity index (χ1) is 7.66. The van der Waals surface area contributed by atoms with Crippen molar-refractivity contribution in [2.45, 2.75) is 12.5 Å². The molecule has 0 radical (unpaired) electrons. The zero-order valence-corrected chi connectivity index (χ0v) is 8.68. The first-order valence-corrected chi connectivity index (χ1v) is 5.04. The van der Waals surface area contributed by atoms with E-state index in [2.05, 4.69) is 0 Å². The number of benzene rings is 1. The SMILES string of the molecule is Nc1ccc(O)c(C(=O)OC2CCOC2)c1. The molecule has 2 rings (SSSR count). The highest BCUT2D eigenvalue weighted by Crippen LogP contribution is 2.22. The van der Waals surface area contributed by atoms with Crippen LogP contribution in [0.1, 0.15) is 16.8 Å². The molecule has 0 aromatic heterocycles. The molecule has 1 aromatic carbocycles. The summed E-state index contributed by atoms with van der Waals surface area (Å²) in [6, 6.07) is 4.29. The van der Waals surface area contributed by atoms with Gasteiger partial charge in [-0.3, -0.25) is 0 Å². The minimum Gasteiger partial charge on any atom is -0.507 e. The Bertz CT molecular complexity index is 399. The van der Waals surface area contributed by atoms with Crippen LogP contribution in [0.3, 0.4) is 0 Å². The molecule has 1 fully saturated rings. The summed E-state index contributed by atoms with van der Waals surface area (Å²) in [5.41, 5.74) is 6.03. The number of carbonyl (C=O) groups is 1. The molecule has 1 aromatic rings. The molecular formula is C11H13NO4. The Labute approximate surface area is 92.8 Å². The minimum atomic E-state index is -0.569. The molecule has 1 aliphatic heterocycles. The zero-order valence-electron chi connectivity index (χ0n) is 8.68. The van der Waals surface area contributed by atoms with E-state index in [1.807, 2.05) is 0 Å². The topological polar surface area (TPSA) is 81.8 Å². The fourth-order valence-corrected chi connectivity index (χ4v) is 1.54. The van der Waals surface area contributed by atoms with Crippen LogP contribution >= 0.6 is 0 Å². The molecule has 1 atom stereocenters. The fraction of sp³-hybridized carbons (Fsp3) is 0.364. The average Bonchev–Trinajstić information content (AvgIpc) is 2.74. The van der Waals surface area contributed by atoms with Crippen molar-refractivity contribution in [1.29, 1.82) is 0 Å². The predicted octanol–water partition coefficient (Wildman–Crippen LogP) is 0.920. The number of phenolic OH excluding ortho intramolecular Hbond substituents is 1. The monoisotopic (exact) mass is 223 g/mol. The third-order valence-corrected chi connectivity index (χ3v) is 2.40. The third-order valence-electron chi connectivity index (χ3n) is 2.40. The van der Waals surface area contributed by atoms with Crippen molar-refractivity contribution in [2.24, 2.45) is 0 Å². The Kier molecular flexibility index (Phi) is 2.96. The largest absolute Gasteiger partial charge is 0.507 e. The summed E-state index contributed by atoms with van der Waals surface area (Å²) < 4.78 is 10.2. The number of carbonyl (C=O) groups excluding carboxylic acids is 1. The second kappa shape index (κ2) is 4.40. The van der Waals surface area contributed by atoms with Crippen LogP contribution in [-0.2, 0) is 9.47 Å². The second-order valence-electron chi connectivity index (χ2n) is 3.67. The molecule has 1 saturated heterocycles. The maximum absolute atomic E-state index is 11.7. The highest BCUT2D eigenvalue weighted by atomic mass is 16.6. The van der Waals surface area contributed by atoms with Crippen LogP contribution in [0.5, 0.6) is 5.75 Å². The Balaban J connectivity index is 2.10. The van der Waals surface area contributed by atoms with Gasteiger partial charge in [0, 0.05) is 12.1 Å². The fourth-order valence-electron chi connectivity index (χ4n) is 1.54. The molecule has 16 heavy (non-hydrogen) atoms. The van der Waals surface area contributed by atoms with E-state index < -0.39 is 5.97 Å². The number of esters is 1. The molecule has 86 valence electrons. The van der Waals surface area contributed by atoms with Crippen molar-refractivity contribution >= 4 is 11.7 Å². The van der Waals surface area contributed by atoms with Gasteiger partial charge >= 0.3 is 5.97 Å². The number of phenols is 1. The van der Waals surface area contributed by atoms with Crippen LogP contribution in [0.15, 0.2) is 18.2 Å². The summed E-state index contributed by atoms with van der Waals surface area (Å²) in [4.78, 5) is 11.7. The number of hydrogen-bond acceptors (Lipinski definition) is 5. The van der Waals surface area contributed by atoms with Crippen molar-refractivity contribution in [3.63, 3.8) is 0 Å². The minimum absolute atomic E-state index is 0.0897. The molecule has 1 unspecified atom stereocenters. The second-order valence-corrected chi connectivity index (χ2v) is 3.67. The lowest BCUT2D eigenvalue weighted by molar-refractivity contribution is 0.0268. The van der Waals surface area contributed by atoms with Gasteiger partial charge in [0.25, 0.3) is 0 Å². The first-order valence-electron chi connectivity index (χ1n) is 5.04. The first kappa shape index (κ1) is 10.8. The van der Waals surface area contributed by atoms with E-state index in [0.29, 0.717) is 25.3 Å². The number of rotatable bonds is 2. The molecule has 0 aliphatic carbocycles. The Morgan fingerprint density at radius 1 is 1.56 bits per heavy atom. The summed E-state index contributed by atoms with van der Waals surface area (Å²) in [6.07, 6.45) is 0.461. The van der Waals surface area contributed by atoms with E-state index in [0.717, 1.165) is 0 Å². The van der Waals surface area contributed by atoms with E-state index >= 15 is 0 Å². The van der Waals surface area contributed by atoms with E-state index in [-0.39, 0.29) is 17.4 Å². The lowest BCUT2D eigenvalue weighted by Gasteiger charge is -2.11. The van der Waals surface area contributed by atoms with Gasteiger partial charge in [0.1, 0.15) is 17.4 Å². The lowest BCUT2D eigenvalue weighted by atomic mass is 10.2. The van der Waals surface area contributed by atoms with Gasteiger partial charge in [-0.2, -0.15) is 0 Å². The van der Waals surface area contributed by atoms with Gasteiger partial charge in [-0.05, 0) is 18.2 Å². The van der Waals surface area contributed by atoms with Crippen LogP contribution in [0.25, 0.3) is 0 Å². The normalized spacial score (nSPS) is 19.6. The lowest BCUT2D eigenvalue weighted by Crippen LogP contribution is -2.18. The summed E-state index contributed by atoms with van der Waals surface area (Å²) in [7, 11) is 0. The van der Waals surface area contributed by atoms with Gasteiger partial charge in [0.15, 0.2) is 0 Å².